The van der Waals surface area contributed by atoms with Gasteiger partial charge in [0.2, 0.25) is 0 Å². The maximum Gasteiger partial charge on any atom is 0.298 e. The standard InChI is InChI=1S/C30H40O4P2/c31-35(27-16-5-1-6-17-27,28-18-7-2-8-19-28)33-25-14-13-15-26(24-25)34-36(32,29-20-9-3-10-21-29)30-22-11-4-12-23-30/h13-16,18,20,22,24H,1-12,17,19,21,23H2. The van der Waals surface area contributed by atoms with E-state index < -0.39 is 14.7 Å². The van der Waals surface area contributed by atoms with Crippen molar-refractivity contribution in [2.75, 3.05) is 0 Å². The van der Waals surface area contributed by atoms with Crippen LogP contribution in [0.25, 0.3) is 0 Å². The molecule has 36 heavy (non-hydrogen) atoms. The van der Waals surface area contributed by atoms with Gasteiger partial charge in [0.1, 0.15) is 11.5 Å². The van der Waals surface area contributed by atoms with E-state index in [4.69, 9.17) is 9.05 Å². The third-order valence-corrected chi connectivity index (χ3v) is 13.4. The first-order chi connectivity index (χ1) is 17.6. The Morgan fingerprint density at radius 3 is 1.11 bits per heavy atom. The van der Waals surface area contributed by atoms with Gasteiger partial charge in [-0.2, -0.15) is 0 Å². The third kappa shape index (κ3) is 5.71. The average Bonchev–Trinajstić information content (AvgIpc) is 2.95. The Bertz CT molecular complexity index is 1030. The topological polar surface area (TPSA) is 52.6 Å². The molecule has 0 radical (unpaired) electrons. The first-order valence-electron chi connectivity index (χ1n) is 14.1. The fraction of sp³-hybridized carbons (Fsp3) is 0.533. The summed E-state index contributed by atoms with van der Waals surface area (Å²) in [5, 5.41) is 3.88. The van der Waals surface area contributed by atoms with Crippen LogP contribution in [-0.4, -0.2) is 0 Å². The Hall–Kier alpha value is -1.76. The van der Waals surface area contributed by atoms with Crippen LogP contribution in [0.2, 0.25) is 0 Å². The molecule has 0 aromatic heterocycles. The van der Waals surface area contributed by atoms with E-state index in [2.05, 4.69) is 24.3 Å². The van der Waals surface area contributed by atoms with Crippen LogP contribution in [0.3, 0.4) is 0 Å². The molecule has 1 aromatic rings. The molecule has 0 heterocycles. The highest BCUT2D eigenvalue weighted by molar-refractivity contribution is 7.68. The van der Waals surface area contributed by atoms with E-state index in [1.54, 1.807) is 6.07 Å². The molecule has 0 amide bonds. The second-order valence-corrected chi connectivity index (χ2v) is 15.4. The van der Waals surface area contributed by atoms with Crippen LogP contribution in [-0.2, 0) is 9.13 Å². The van der Waals surface area contributed by atoms with Crippen molar-refractivity contribution in [3.8, 4) is 11.5 Å². The summed E-state index contributed by atoms with van der Waals surface area (Å²) < 4.78 is 41.9. The van der Waals surface area contributed by atoms with Crippen LogP contribution in [0.5, 0.6) is 11.5 Å². The molecule has 5 rings (SSSR count). The minimum atomic E-state index is -3.14. The van der Waals surface area contributed by atoms with Gasteiger partial charge in [-0.05, 0) is 115 Å². The second kappa shape index (κ2) is 11.7. The normalized spacial score (nSPS) is 21.6. The lowest BCUT2D eigenvalue weighted by atomic mass is 10.1. The first-order valence-corrected chi connectivity index (χ1v) is 17.3. The molecular weight excluding hydrogens is 486 g/mol. The maximum atomic E-state index is 14.5. The molecule has 4 nitrogen and oxygen atoms in total. The molecule has 0 unspecified atom stereocenters. The van der Waals surface area contributed by atoms with Crippen molar-refractivity contribution in [3.63, 3.8) is 0 Å². The Balaban J connectivity index is 1.45. The van der Waals surface area contributed by atoms with Crippen LogP contribution < -0.4 is 9.05 Å². The van der Waals surface area contributed by atoms with Crippen molar-refractivity contribution >= 4 is 14.7 Å². The van der Waals surface area contributed by atoms with Gasteiger partial charge in [0.15, 0.2) is 0 Å². The van der Waals surface area contributed by atoms with E-state index in [9.17, 15) is 9.13 Å². The van der Waals surface area contributed by atoms with Crippen molar-refractivity contribution in [1.82, 2.24) is 0 Å². The second-order valence-electron chi connectivity index (χ2n) is 10.5. The van der Waals surface area contributed by atoms with E-state index in [1.165, 1.54) is 0 Å². The summed E-state index contributed by atoms with van der Waals surface area (Å²) >= 11 is 0. The predicted molar refractivity (Wildman–Crippen MR) is 149 cm³/mol. The van der Waals surface area contributed by atoms with Crippen molar-refractivity contribution in [2.45, 2.75) is 103 Å². The van der Waals surface area contributed by atoms with Gasteiger partial charge in [-0.1, -0.05) is 30.4 Å². The zero-order valence-electron chi connectivity index (χ0n) is 21.5. The number of allylic oxidation sites excluding steroid dienone is 8. The fourth-order valence-electron chi connectivity index (χ4n) is 5.84. The monoisotopic (exact) mass is 526 g/mol. The zero-order valence-corrected chi connectivity index (χ0v) is 23.2. The molecule has 0 atom stereocenters. The molecule has 0 fully saturated rings. The van der Waals surface area contributed by atoms with Gasteiger partial charge in [0.05, 0.1) is 0 Å². The molecule has 6 heteroatoms. The third-order valence-electron chi connectivity index (χ3n) is 7.85. The summed E-state index contributed by atoms with van der Waals surface area (Å²) in [4.78, 5) is 0. The van der Waals surface area contributed by atoms with Crippen LogP contribution in [0.4, 0.5) is 0 Å². The fourth-order valence-corrected chi connectivity index (χ4v) is 11.2. The van der Waals surface area contributed by atoms with Gasteiger partial charge in [0.25, 0.3) is 14.7 Å². The largest absolute Gasteiger partial charge is 0.437 e. The summed E-state index contributed by atoms with van der Waals surface area (Å²) in [5.41, 5.74) is 0. The van der Waals surface area contributed by atoms with E-state index >= 15 is 0 Å². The average molecular weight is 527 g/mol. The lowest BCUT2D eigenvalue weighted by Crippen LogP contribution is -2.06. The molecule has 0 bridgehead atoms. The van der Waals surface area contributed by atoms with E-state index in [0.29, 0.717) is 11.5 Å². The summed E-state index contributed by atoms with van der Waals surface area (Å²) in [7, 11) is -6.28. The molecule has 0 N–H and O–H groups in total. The Morgan fingerprint density at radius 1 is 0.500 bits per heavy atom. The molecule has 0 saturated heterocycles. The lowest BCUT2D eigenvalue weighted by molar-refractivity contribution is 0.477. The van der Waals surface area contributed by atoms with E-state index in [1.807, 2.05) is 18.2 Å². The molecule has 194 valence electrons. The summed E-state index contributed by atoms with van der Waals surface area (Å²) in [6.45, 7) is 0. The maximum absolute atomic E-state index is 14.5. The van der Waals surface area contributed by atoms with Crippen molar-refractivity contribution in [3.05, 3.63) is 69.8 Å². The molecule has 0 aliphatic heterocycles. The van der Waals surface area contributed by atoms with Crippen LogP contribution in [0, 0.1) is 0 Å². The number of benzene rings is 1. The smallest absolute Gasteiger partial charge is 0.298 e. The minimum absolute atomic E-state index is 0.538. The van der Waals surface area contributed by atoms with Crippen LogP contribution in [0.1, 0.15) is 103 Å². The number of hydrogen-bond acceptors (Lipinski definition) is 4. The summed E-state index contributed by atoms with van der Waals surface area (Å²) in [6, 6.07) is 7.39. The SMILES string of the molecule is O=P(Oc1cccc(OP(=O)(C2=CCCCC2)C2=CCCCC2)c1)(C1=CCCCC1)C1=CCCCC1. The summed E-state index contributed by atoms with van der Waals surface area (Å²) in [5.74, 6) is 1.08. The van der Waals surface area contributed by atoms with Crippen molar-refractivity contribution in [2.24, 2.45) is 0 Å². The van der Waals surface area contributed by atoms with E-state index in [-0.39, 0.29) is 0 Å². The Morgan fingerprint density at radius 2 is 0.833 bits per heavy atom. The highest BCUT2D eigenvalue weighted by atomic mass is 31.2. The number of rotatable bonds is 8. The molecule has 0 spiro atoms. The lowest BCUT2D eigenvalue weighted by Gasteiger charge is -2.29. The van der Waals surface area contributed by atoms with Gasteiger partial charge >= 0.3 is 0 Å². The highest BCUT2D eigenvalue weighted by Crippen LogP contribution is 2.67. The molecule has 0 saturated carbocycles. The van der Waals surface area contributed by atoms with Crippen LogP contribution >= 0.6 is 14.7 Å². The zero-order chi connectivity index (χ0) is 24.8. The van der Waals surface area contributed by atoms with E-state index in [0.717, 1.165) is 124 Å². The van der Waals surface area contributed by atoms with Crippen molar-refractivity contribution in [1.29, 1.82) is 0 Å². The van der Waals surface area contributed by atoms with Crippen molar-refractivity contribution < 1.29 is 18.2 Å². The molecular formula is C30H40O4P2. The van der Waals surface area contributed by atoms with Gasteiger partial charge in [0, 0.05) is 27.3 Å². The van der Waals surface area contributed by atoms with Gasteiger partial charge < -0.3 is 9.05 Å². The Labute approximate surface area is 216 Å². The Kier molecular flexibility index (Phi) is 8.44. The minimum Gasteiger partial charge on any atom is -0.437 e. The van der Waals surface area contributed by atoms with Gasteiger partial charge in [-0.3, -0.25) is 9.13 Å². The highest BCUT2D eigenvalue weighted by Gasteiger charge is 2.37. The first kappa shape index (κ1) is 25.9. The molecule has 4 aliphatic rings. The van der Waals surface area contributed by atoms with Gasteiger partial charge in [-0.25, -0.2) is 0 Å². The quantitative estimate of drug-likeness (QED) is 0.316. The predicted octanol–water partition coefficient (Wildman–Crippen LogP) is 10.8. The molecule has 1 aromatic carbocycles. The van der Waals surface area contributed by atoms with Crippen LogP contribution in [0.15, 0.2) is 69.8 Å². The summed E-state index contributed by atoms with van der Waals surface area (Å²) in [6.07, 6.45) is 24.6. The number of hydrogen-bond donors (Lipinski definition) is 0. The molecule has 4 aliphatic carbocycles. The van der Waals surface area contributed by atoms with Gasteiger partial charge in [-0.15, -0.1) is 0 Å².